The van der Waals surface area contributed by atoms with Crippen LogP contribution in [0, 0.1) is 0 Å². The van der Waals surface area contributed by atoms with Crippen LogP contribution in [0.4, 0.5) is 0 Å². The molecule has 0 saturated carbocycles. The Bertz CT molecular complexity index is 293. The molecule has 1 unspecified atom stereocenters. The van der Waals surface area contributed by atoms with E-state index in [1.54, 1.807) is 18.4 Å². The lowest BCUT2D eigenvalue weighted by molar-refractivity contribution is 0.712. The van der Waals surface area contributed by atoms with E-state index in [9.17, 15) is 0 Å². The molecular formula is C11H19N3S. The van der Waals surface area contributed by atoms with E-state index in [1.807, 2.05) is 0 Å². The van der Waals surface area contributed by atoms with Crippen LogP contribution in [0.3, 0.4) is 0 Å². The van der Waals surface area contributed by atoms with Crippen molar-refractivity contribution in [3.8, 4) is 0 Å². The normalized spacial score (nSPS) is 13.7. The summed E-state index contributed by atoms with van der Waals surface area (Å²) in [5, 5.41) is 8.60. The second kappa shape index (κ2) is 6.45. The highest BCUT2D eigenvalue weighted by Gasteiger charge is 2.06. The Balaban J connectivity index is 2.36. The van der Waals surface area contributed by atoms with E-state index in [2.05, 4.69) is 47.0 Å². The van der Waals surface area contributed by atoms with Gasteiger partial charge in [0.15, 0.2) is 5.96 Å². The molecule has 0 amide bonds. The summed E-state index contributed by atoms with van der Waals surface area (Å²) in [4.78, 5) is 5.54. The van der Waals surface area contributed by atoms with Crippen molar-refractivity contribution in [1.29, 1.82) is 0 Å². The number of nitrogens with one attached hydrogen (secondary N) is 2. The molecule has 1 rings (SSSR count). The number of thiophene rings is 1. The predicted molar refractivity (Wildman–Crippen MR) is 67.8 cm³/mol. The Kier molecular flexibility index (Phi) is 5.18. The number of guanidine groups is 1. The van der Waals surface area contributed by atoms with E-state index in [4.69, 9.17) is 0 Å². The zero-order chi connectivity index (χ0) is 11.1. The summed E-state index contributed by atoms with van der Waals surface area (Å²) >= 11 is 1.80. The van der Waals surface area contributed by atoms with Crippen LogP contribution in [0.15, 0.2) is 22.5 Å². The largest absolute Gasteiger partial charge is 0.357 e. The maximum Gasteiger partial charge on any atom is 0.190 e. The van der Waals surface area contributed by atoms with Crippen molar-refractivity contribution in [2.24, 2.45) is 4.99 Å². The molecular weight excluding hydrogens is 206 g/mol. The van der Waals surface area contributed by atoms with Gasteiger partial charge in [0, 0.05) is 30.9 Å². The third kappa shape index (κ3) is 3.91. The van der Waals surface area contributed by atoms with E-state index >= 15 is 0 Å². The summed E-state index contributed by atoms with van der Waals surface area (Å²) in [6.07, 6.45) is 0. The molecule has 1 aromatic heterocycles. The number of rotatable bonds is 4. The Hall–Kier alpha value is -1.03. The Morgan fingerprint density at radius 1 is 1.53 bits per heavy atom. The highest BCUT2D eigenvalue weighted by atomic mass is 32.1. The van der Waals surface area contributed by atoms with Crippen LogP contribution in [0.5, 0.6) is 0 Å². The van der Waals surface area contributed by atoms with Gasteiger partial charge in [-0.25, -0.2) is 0 Å². The van der Waals surface area contributed by atoms with Gasteiger partial charge in [0.25, 0.3) is 0 Å². The van der Waals surface area contributed by atoms with Crippen LogP contribution in [-0.4, -0.2) is 26.1 Å². The molecule has 0 saturated heterocycles. The van der Waals surface area contributed by atoms with Gasteiger partial charge in [-0.1, -0.05) is 13.0 Å². The van der Waals surface area contributed by atoms with E-state index in [0.717, 1.165) is 19.0 Å². The minimum Gasteiger partial charge on any atom is -0.357 e. The fourth-order valence-corrected chi connectivity index (χ4v) is 2.10. The number of hydrogen-bond acceptors (Lipinski definition) is 2. The standard InChI is InChI=1S/C11H19N3S/c1-4-13-11(12-3)14-8-9(2)10-6-5-7-15-10/h5-7,9H,4,8H2,1-3H3,(H2,12,13,14). The highest BCUT2D eigenvalue weighted by Crippen LogP contribution is 2.19. The van der Waals surface area contributed by atoms with Crippen molar-refractivity contribution >= 4 is 17.3 Å². The lowest BCUT2D eigenvalue weighted by Gasteiger charge is -2.14. The zero-order valence-electron chi connectivity index (χ0n) is 9.58. The minimum atomic E-state index is 0.528. The van der Waals surface area contributed by atoms with Crippen LogP contribution >= 0.6 is 11.3 Å². The zero-order valence-corrected chi connectivity index (χ0v) is 10.4. The second-order valence-corrected chi connectivity index (χ2v) is 4.38. The minimum absolute atomic E-state index is 0.528. The molecule has 0 aromatic carbocycles. The maximum absolute atomic E-state index is 4.13. The van der Waals surface area contributed by atoms with Gasteiger partial charge >= 0.3 is 0 Å². The average molecular weight is 225 g/mol. The van der Waals surface area contributed by atoms with Gasteiger partial charge in [0.1, 0.15) is 0 Å². The number of aliphatic imine (C=N–C) groups is 1. The Morgan fingerprint density at radius 3 is 2.87 bits per heavy atom. The maximum atomic E-state index is 4.13. The summed E-state index contributed by atoms with van der Waals surface area (Å²) in [5.74, 6) is 1.40. The molecule has 0 aliphatic rings. The fraction of sp³-hybridized carbons (Fsp3) is 0.545. The third-order valence-electron chi connectivity index (χ3n) is 2.17. The topological polar surface area (TPSA) is 36.4 Å². The van der Waals surface area contributed by atoms with Gasteiger partial charge in [-0.2, -0.15) is 0 Å². The predicted octanol–water partition coefficient (Wildman–Crippen LogP) is 2.04. The van der Waals surface area contributed by atoms with E-state index in [1.165, 1.54) is 4.88 Å². The summed E-state index contributed by atoms with van der Waals surface area (Å²) < 4.78 is 0. The molecule has 84 valence electrons. The SMILES string of the molecule is CCNC(=NC)NCC(C)c1cccs1. The molecule has 15 heavy (non-hydrogen) atoms. The van der Waals surface area contributed by atoms with Crippen LogP contribution in [0.2, 0.25) is 0 Å². The van der Waals surface area contributed by atoms with Gasteiger partial charge in [0.2, 0.25) is 0 Å². The molecule has 0 aliphatic carbocycles. The van der Waals surface area contributed by atoms with Crippen molar-refractivity contribution in [2.75, 3.05) is 20.1 Å². The molecule has 4 heteroatoms. The molecule has 2 N–H and O–H groups in total. The van der Waals surface area contributed by atoms with Gasteiger partial charge in [-0.15, -0.1) is 11.3 Å². The van der Waals surface area contributed by atoms with Crippen molar-refractivity contribution in [3.63, 3.8) is 0 Å². The molecule has 3 nitrogen and oxygen atoms in total. The summed E-state index contributed by atoms with van der Waals surface area (Å²) in [5.41, 5.74) is 0. The summed E-state index contributed by atoms with van der Waals surface area (Å²) in [6.45, 7) is 6.10. The van der Waals surface area contributed by atoms with Crippen LogP contribution in [-0.2, 0) is 0 Å². The van der Waals surface area contributed by atoms with E-state index < -0.39 is 0 Å². The van der Waals surface area contributed by atoms with Crippen LogP contribution in [0.1, 0.15) is 24.6 Å². The summed E-state index contributed by atoms with van der Waals surface area (Å²) in [6, 6.07) is 4.27. The first-order chi connectivity index (χ1) is 7.27. The third-order valence-corrected chi connectivity index (χ3v) is 3.28. The van der Waals surface area contributed by atoms with Crippen molar-refractivity contribution < 1.29 is 0 Å². The lowest BCUT2D eigenvalue weighted by atomic mass is 10.1. The first-order valence-corrected chi connectivity index (χ1v) is 6.13. The van der Waals surface area contributed by atoms with E-state index in [-0.39, 0.29) is 0 Å². The van der Waals surface area contributed by atoms with E-state index in [0.29, 0.717) is 5.92 Å². The van der Waals surface area contributed by atoms with Crippen molar-refractivity contribution in [1.82, 2.24) is 10.6 Å². The highest BCUT2D eigenvalue weighted by molar-refractivity contribution is 7.10. The second-order valence-electron chi connectivity index (χ2n) is 3.40. The van der Waals surface area contributed by atoms with Gasteiger partial charge in [0.05, 0.1) is 0 Å². The van der Waals surface area contributed by atoms with Crippen molar-refractivity contribution in [2.45, 2.75) is 19.8 Å². The number of nitrogens with zero attached hydrogens (tertiary/aromatic N) is 1. The molecule has 1 aromatic rings. The molecule has 0 bridgehead atoms. The monoisotopic (exact) mass is 225 g/mol. The molecule has 0 aliphatic heterocycles. The average Bonchev–Trinajstić information content (AvgIpc) is 2.77. The molecule has 0 radical (unpaired) electrons. The quantitative estimate of drug-likeness (QED) is 0.607. The van der Waals surface area contributed by atoms with Gasteiger partial charge in [-0.05, 0) is 18.4 Å². The van der Waals surface area contributed by atoms with Crippen molar-refractivity contribution in [3.05, 3.63) is 22.4 Å². The molecule has 0 fully saturated rings. The Morgan fingerprint density at radius 2 is 2.33 bits per heavy atom. The Labute approximate surface area is 95.6 Å². The van der Waals surface area contributed by atoms with Gasteiger partial charge in [-0.3, -0.25) is 4.99 Å². The lowest BCUT2D eigenvalue weighted by Crippen LogP contribution is -2.38. The first kappa shape index (κ1) is 12.0. The first-order valence-electron chi connectivity index (χ1n) is 5.25. The van der Waals surface area contributed by atoms with Gasteiger partial charge < -0.3 is 10.6 Å². The molecule has 1 atom stereocenters. The number of hydrogen-bond donors (Lipinski definition) is 2. The molecule has 0 spiro atoms. The summed E-state index contributed by atoms with van der Waals surface area (Å²) in [7, 11) is 1.79. The smallest absolute Gasteiger partial charge is 0.190 e. The van der Waals surface area contributed by atoms with Crippen LogP contribution in [0.25, 0.3) is 0 Å². The van der Waals surface area contributed by atoms with Crippen LogP contribution < -0.4 is 10.6 Å². The fourth-order valence-electron chi connectivity index (χ4n) is 1.31. The molecule has 1 heterocycles.